The van der Waals surface area contributed by atoms with Crippen molar-refractivity contribution < 1.29 is 17.9 Å². The number of amides is 1. The lowest BCUT2D eigenvalue weighted by Crippen LogP contribution is -2.48. The molecule has 8 nitrogen and oxygen atoms in total. The largest absolute Gasteiger partial charge is 0.495 e. The second kappa shape index (κ2) is 9.66. The highest BCUT2D eigenvalue weighted by atomic mass is 32.2. The number of nitrogens with one attached hydrogen (secondary N) is 2. The van der Waals surface area contributed by atoms with Crippen LogP contribution in [-0.2, 0) is 22.9 Å². The minimum absolute atomic E-state index is 0.00323. The van der Waals surface area contributed by atoms with Crippen LogP contribution >= 0.6 is 0 Å². The Bertz CT molecular complexity index is 1300. The molecule has 0 saturated heterocycles. The van der Waals surface area contributed by atoms with E-state index in [2.05, 4.69) is 28.5 Å². The first kappa shape index (κ1) is 24.1. The van der Waals surface area contributed by atoms with Gasteiger partial charge in [-0.1, -0.05) is 26.3 Å². The van der Waals surface area contributed by atoms with E-state index in [-0.39, 0.29) is 17.9 Å². The highest BCUT2D eigenvalue weighted by Gasteiger charge is 2.35. The smallest absolute Gasteiger partial charge is 0.254 e. The summed E-state index contributed by atoms with van der Waals surface area (Å²) in [5, 5.41) is 0. The van der Waals surface area contributed by atoms with Crippen LogP contribution in [0.4, 0.5) is 5.69 Å². The first-order valence-corrected chi connectivity index (χ1v) is 13.5. The number of H-pyrrole nitrogens is 1. The molecule has 1 heterocycles. The molecular weight excluding hydrogens is 452 g/mol. The van der Waals surface area contributed by atoms with Crippen LogP contribution in [0.15, 0.2) is 36.7 Å². The summed E-state index contributed by atoms with van der Waals surface area (Å²) in [5.74, 6) is 0.645. The van der Waals surface area contributed by atoms with Crippen molar-refractivity contribution in [2.45, 2.75) is 45.6 Å². The number of imidazole rings is 1. The second-order valence-electron chi connectivity index (χ2n) is 9.09. The van der Waals surface area contributed by atoms with Gasteiger partial charge in [0.2, 0.25) is 10.0 Å². The van der Waals surface area contributed by atoms with Gasteiger partial charge < -0.3 is 14.6 Å². The summed E-state index contributed by atoms with van der Waals surface area (Å²) in [6, 6.07) is 9.35. The number of sulfonamides is 1. The maximum absolute atomic E-state index is 13.7. The molecule has 0 saturated carbocycles. The van der Waals surface area contributed by atoms with Crippen LogP contribution in [0.5, 0.6) is 5.75 Å². The van der Waals surface area contributed by atoms with Gasteiger partial charge in [0.1, 0.15) is 5.75 Å². The minimum Gasteiger partial charge on any atom is -0.495 e. The number of anilines is 1. The number of benzene rings is 2. The van der Waals surface area contributed by atoms with E-state index < -0.39 is 10.0 Å². The average molecular weight is 485 g/mol. The summed E-state index contributed by atoms with van der Waals surface area (Å²) in [6.45, 7) is 4.92. The summed E-state index contributed by atoms with van der Waals surface area (Å²) < 4.78 is 32.1. The van der Waals surface area contributed by atoms with E-state index in [0.29, 0.717) is 36.4 Å². The zero-order chi connectivity index (χ0) is 24.5. The summed E-state index contributed by atoms with van der Waals surface area (Å²) >= 11 is 0. The first-order chi connectivity index (χ1) is 16.2. The number of nitrogens with zero attached hydrogens (tertiary/aromatic N) is 2. The van der Waals surface area contributed by atoms with Gasteiger partial charge in [0.05, 0.1) is 36.4 Å². The Morgan fingerprint density at radius 1 is 1.26 bits per heavy atom. The minimum atomic E-state index is -3.47. The molecule has 0 bridgehead atoms. The van der Waals surface area contributed by atoms with Crippen LogP contribution in [0.2, 0.25) is 0 Å². The summed E-state index contributed by atoms with van der Waals surface area (Å²) in [7, 11) is -1.93. The molecule has 0 spiro atoms. The molecule has 1 amide bonds. The maximum Gasteiger partial charge on any atom is 0.254 e. The quantitative estimate of drug-likeness (QED) is 0.503. The van der Waals surface area contributed by atoms with Gasteiger partial charge >= 0.3 is 0 Å². The highest BCUT2D eigenvalue weighted by molar-refractivity contribution is 7.92. The number of ether oxygens (including phenoxy) is 1. The lowest BCUT2D eigenvalue weighted by molar-refractivity contribution is 0.0599. The van der Waals surface area contributed by atoms with Gasteiger partial charge in [0, 0.05) is 18.2 Å². The third-order valence-electron chi connectivity index (χ3n) is 6.57. The number of aromatic amines is 1. The van der Waals surface area contributed by atoms with Crippen LogP contribution in [0.1, 0.15) is 48.2 Å². The standard InChI is InChI=1S/C25H32N4O4S/c1-5-6-11-29(25(30)18-7-9-20-21(13-18)27-15-26-20)22-14-17-8-10-23(33-3)24(28-34(4,31)32)19(17)12-16(22)2/h7-10,13,15-16,22,28H,5-6,11-12,14H2,1-4H3,(H,26,27)/t16-,22+/m0/s1. The van der Waals surface area contributed by atoms with E-state index in [1.807, 2.05) is 29.2 Å². The Kier molecular flexibility index (Phi) is 6.84. The molecule has 2 atom stereocenters. The van der Waals surface area contributed by atoms with Gasteiger partial charge in [-0.05, 0) is 60.6 Å². The molecule has 0 aliphatic heterocycles. The van der Waals surface area contributed by atoms with E-state index in [4.69, 9.17) is 4.74 Å². The van der Waals surface area contributed by atoms with Gasteiger partial charge in [-0.2, -0.15) is 0 Å². The molecule has 182 valence electrons. The lowest BCUT2D eigenvalue weighted by atomic mass is 9.79. The molecule has 3 aromatic rings. The third kappa shape index (κ3) is 4.89. The van der Waals surface area contributed by atoms with Crippen molar-refractivity contribution in [1.82, 2.24) is 14.9 Å². The predicted octanol–water partition coefficient (Wildman–Crippen LogP) is 3.99. The van der Waals surface area contributed by atoms with Crippen molar-refractivity contribution in [3.63, 3.8) is 0 Å². The van der Waals surface area contributed by atoms with Gasteiger partial charge in [0.15, 0.2) is 0 Å². The molecular formula is C25H32N4O4S. The summed E-state index contributed by atoms with van der Waals surface area (Å²) in [5.41, 5.74) is 4.79. The molecule has 0 fully saturated rings. The molecule has 1 aliphatic carbocycles. The Morgan fingerprint density at radius 2 is 2.06 bits per heavy atom. The monoisotopic (exact) mass is 484 g/mol. The fraction of sp³-hybridized carbons (Fsp3) is 0.440. The molecule has 1 aliphatic rings. The number of unbranched alkanes of at least 4 members (excludes halogenated alkanes) is 1. The van der Waals surface area contributed by atoms with Crippen LogP contribution < -0.4 is 9.46 Å². The Labute approximate surface area is 200 Å². The normalized spacial score (nSPS) is 17.9. The number of rotatable bonds is 8. The molecule has 2 N–H and O–H groups in total. The fourth-order valence-corrected chi connectivity index (χ4v) is 5.44. The van der Waals surface area contributed by atoms with E-state index in [0.717, 1.165) is 41.3 Å². The number of hydrogen-bond donors (Lipinski definition) is 2. The van der Waals surface area contributed by atoms with E-state index in [9.17, 15) is 13.2 Å². The predicted molar refractivity (Wildman–Crippen MR) is 134 cm³/mol. The van der Waals surface area contributed by atoms with Crippen molar-refractivity contribution in [1.29, 1.82) is 0 Å². The number of methoxy groups -OCH3 is 1. The van der Waals surface area contributed by atoms with Crippen molar-refractivity contribution in [2.24, 2.45) is 5.92 Å². The molecule has 34 heavy (non-hydrogen) atoms. The van der Waals surface area contributed by atoms with E-state index in [1.54, 1.807) is 12.4 Å². The zero-order valence-corrected chi connectivity index (χ0v) is 20.9. The SMILES string of the molecule is CCCCN(C(=O)c1ccc2nc[nH]c2c1)[C@@H]1Cc2ccc(OC)c(NS(C)(=O)=O)c2C[C@@H]1C. The number of hydrogen-bond acceptors (Lipinski definition) is 5. The molecule has 9 heteroatoms. The van der Waals surface area contributed by atoms with E-state index in [1.165, 1.54) is 7.11 Å². The zero-order valence-electron chi connectivity index (χ0n) is 20.1. The van der Waals surface area contributed by atoms with Crippen molar-refractivity contribution >= 4 is 32.7 Å². The van der Waals surface area contributed by atoms with E-state index >= 15 is 0 Å². The third-order valence-corrected chi connectivity index (χ3v) is 7.15. The van der Waals surface area contributed by atoms with Gasteiger partial charge in [0.25, 0.3) is 5.91 Å². The topological polar surface area (TPSA) is 104 Å². The maximum atomic E-state index is 13.7. The van der Waals surface area contributed by atoms with Crippen molar-refractivity contribution in [3.8, 4) is 5.75 Å². The Hall–Kier alpha value is -3.07. The van der Waals surface area contributed by atoms with Crippen LogP contribution in [0.3, 0.4) is 0 Å². The first-order valence-electron chi connectivity index (χ1n) is 11.6. The summed E-state index contributed by atoms with van der Waals surface area (Å²) in [4.78, 5) is 23.0. The number of fused-ring (bicyclic) bond motifs is 2. The Morgan fingerprint density at radius 3 is 2.76 bits per heavy atom. The van der Waals surface area contributed by atoms with Crippen LogP contribution in [0.25, 0.3) is 11.0 Å². The Balaban J connectivity index is 1.69. The molecule has 0 unspecified atom stereocenters. The number of carbonyl (C=O) groups is 1. The lowest BCUT2D eigenvalue weighted by Gasteiger charge is -2.40. The van der Waals surface area contributed by atoms with Crippen LogP contribution in [0, 0.1) is 5.92 Å². The fourth-order valence-electron chi connectivity index (χ4n) is 4.84. The van der Waals surface area contributed by atoms with Gasteiger partial charge in [-0.25, -0.2) is 13.4 Å². The molecule has 2 aromatic carbocycles. The number of aromatic nitrogens is 2. The average Bonchev–Trinajstić information content (AvgIpc) is 3.27. The van der Waals surface area contributed by atoms with Crippen molar-refractivity contribution in [2.75, 3.05) is 24.6 Å². The highest BCUT2D eigenvalue weighted by Crippen LogP contribution is 2.39. The molecule has 4 rings (SSSR count). The number of carbonyl (C=O) groups excluding carboxylic acids is 1. The molecule has 0 radical (unpaired) electrons. The van der Waals surface area contributed by atoms with Gasteiger partial charge in [-0.3, -0.25) is 9.52 Å². The van der Waals surface area contributed by atoms with Gasteiger partial charge in [-0.15, -0.1) is 0 Å². The van der Waals surface area contributed by atoms with Crippen LogP contribution in [-0.4, -0.2) is 55.1 Å². The van der Waals surface area contributed by atoms with Crippen molar-refractivity contribution in [3.05, 3.63) is 53.3 Å². The summed E-state index contributed by atoms with van der Waals surface area (Å²) in [6.07, 6.45) is 5.97. The second-order valence-corrected chi connectivity index (χ2v) is 10.8. The molecule has 1 aromatic heterocycles.